The van der Waals surface area contributed by atoms with Gasteiger partial charge >= 0.3 is 0 Å². The minimum atomic E-state index is -3.57. The van der Waals surface area contributed by atoms with Crippen LogP contribution in [0.4, 0.5) is 0 Å². The molecule has 0 unspecified atom stereocenters. The van der Waals surface area contributed by atoms with Crippen molar-refractivity contribution in [3.8, 4) is 0 Å². The zero-order chi connectivity index (χ0) is 34.7. The second-order valence-electron chi connectivity index (χ2n) is 14.2. The molecule has 10 nitrogen and oxygen atoms in total. The Labute approximate surface area is 287 Å². The fraction of sp³-hybridized carbons (Fsp3) is 0.611. The molecule has 2 N–H and O–H groups in total. The normalized spacial score (nSPS) is 25.0. The van der Waals surface area contributed by atoms with Gasteiger partial charge in [-0.1, -0.05) is 27.7 Å². The van der Waals surface area contributed by atoms with Crippen molar-refractivity contribution in [2.24, 2.45) is 22.7 Å². The summed E-state index contributed by atoms with van der Waals surface area (Å²) < 4.78 is 54.0. The molecule has 0 aliphatic heterocycles. The van der Waals surface area contributed by atoms with Gasteiger partial charge in [0.15, 0.2) is 0 Å². The molecule has 0 radical (unpaired) electrons. The van der Waals surface area contributed by atoms with E-state index >= 15 is 0 Å². The van der Waals surface area contributed by atoms with Crippen LogP contribution in [-0.2, 0) is 20.0 Å². The molecule has 0 heterocycles. The smallest absolute Gasteiger partial charge is 0.251 e. The van der Waals surface area contributed by atoms with Gasteiger partial charge in [-0.25, -0.2) is 16.8 Å². The minimum Gasteiger partial charge on any atom is -0.352 e. The fourth-order valence-corrected chi connectivity index (χ4v) is 12.2. The van der Waals surface area contributed by atoms with Crippen molar-refractivity contribution < 1.29 is 26.4 Å². The standard InChI is InChI=1S/C36H52N4O6S2/c1-5-39(6-2)47(43,44)31-13-9-29(10-14-31)33(41)37-19-17-35-22-27-21-28(23-35)25-36(24-27,26-35)18-20-38-34(42)30-11-15-32(16-12-30)48(45,46)40(7-3)8-4/h9-16,27-28H,5-8,17-26H2,1-4H3,(H,37,41)(H,38,42). The molecule has 4 bridgehead atoms. The van der Waals surface area contributed by atoms with E-state index in [-0.39, 0.29) is 32.4 Å². The molecule has 12 heteroatoms. The summed E-state index contributed by atoms with van der Waals surface area (Å²) in [6, 6.07) is 12.4. The van der Waals surface area contributed by atoms with Gasteiger partial charge in [0, 0.05) is 50.4 Å². The first-order valence-electron chi connectivity index (χ1n) is 17.6. The van der Waals surface area contributed by atoms with Gasteiger partial charge in [0.05, 0.1) is 9.79 Å². The average molecular weight is 701 g/mol. The van der Waals surface area contributed by atoms with E-state index in [0.29, 0.717) is 62.2 Å². The lowest BCUT2D eigenvalue weighted by Crippen LogP contribution is -2.53. The van der Waals surface area contributed by atoms with Crippen LogP contribution in [0.15, 0.2) is 58.3 Å². The van der Waals surface area contributed by atoms with Crippen LogP contribution in [0, 0.1) is 22.7 Å². The van der Waals surface area contributed by atoms with Gasteiger partial charge in [0.25, 0.3) is 11.8 Å². The molecule has 4 aliphatic carbocycles. The summed E-state index contributed by atoms with van der Waals surface area (Å²) in [5, 5.41) is 6.19. The number of hydrogen-bond donors (Lipinski definition) is 2. The van der Waals surface area contributed by atoms with E-state index in [1.165, 1.54) is 65.0 Å². The van der Waals surface area contributed by atoms with Gasteiger partial charge in [-0.15, -0.1) is 0 Å². The van der Waals surface area contributed by atoms with Crippen LogP contribution in [-0.4, -0.2) is 76.5 Å². The number of sulfonamides is 2. The second kappa shape index (κ2) is 14.6. The van der Waals surface area contributed by atoms with Gasteiger partial charge in [-0.3, -0.25) is 9.59 Å². The van der Waals surface area contributed by atoms with Crippen molar-refractivity contribution in [1.82, 2.24) is 19.2 Å². The summed E-state index contributed by atoms with van der Waals surface area (Å²) in [4.78, 5) is 26.4. The molecular weight excluding hydrogens is 649 g/mol. The number of benzene rings is 2. The van der Waals surface area contributed by atoms with Crippen molar-refractivity contribution in [2.75, 3.05) is 39.3 Å². The highest BCUT2D eigenvalue weighted by Gasteiger charge is 2.56. The van der Waals surface area contributed by atoms with E-state index in [1.54, 1.807) is 52.0 Å². The molecule has 2 aromatic carbocycles. The van der Waals surface area contributed by atoms with Gasteiger partial charge < -0.3 is 10.6 Å². The molecule has 4 aliphatic rings. The van der Waals surface area contributed by atoms with Crippen molar-refractivity contribution in [2.45, 2.75) is 88.9 Å². The first-order valence-corrected chi connectivity index (χ1v) is 20.4. The average Bonchev–Trinajstić information content (AvgIpc) is 3.05. The van der Waals surface area contributed by atoms with E-state index in [9.17, 15) is 26.4 Å². The predicted molar refractivity (Wildman–Crippen MR) is 187 cm³/mol. The van der Waals surface area contributed by atoms with E-state index < -0.39 is 20.0 Å². The molecule has 264 valence electrons. The Morgan fingerprint density at radius 1 is 0.625 bits per heavy atom. The largest absolute Gasteiger partial charge is 0.352 e. The van der Waals surface area contributed by atoms with Gasteiger partial charge in [-0.05, 0) is 123 Å². The number of carbonyl (C=O) groups excluding carboxylic acids is 2. The summed E-state index contributed by atoms with van der Waals surface area (Å²) in [7, 11) is -7.14. The maximum absolute atomic E-state index is 13.0. The predicted octanol–water partition coefficient (Wildman–Crippen LogP) is 5.27. The molecule has 0 saturated heterocycles. The lowest BCUT2D eigenvalue weighted by Gasteiger charge is -2.62. The van der Waals surface area contributed by atoms with Gasteiger partial charge in [-0.2, -0.15) is 8.61 Å². The molecule has 0 atom stereocenters. The first-order chi connectivity index (χ1) is 22.8. The van der Waals surface area contributed by atoms with Crippen LogP contribution >= 0.6 is 0 Å². The second-order valence-corrected chi connectivity index (χ2v) is 18.1. The van der Waals surface area contributed by atoms with Crippen molar-refractivity contribution >= 4 is 31.9 Å². The number of nitrogens with zero attached hydrogens (tertiary/aromatic N) is 2. The Hall–Kier alpha value is -2.80. The molecule has 0 spiro atoms. The summed E-state index contributed by atoms with van der Waals surface area (Å²) in [6.07, 6.45) is 8.96. The lowest BCUT2D eigenvalue weighted by molar-refractivity contribution is -0.116. The highest BCUT2D eigenvalue weighted by Crippen LogP contribution is 2.67. The number of amides is 2. The maximum Gasteiger partial charge on any atom is 0.251 e. The Morgan fingerprint density at radius 2 is 0.958 bits per heavy atom. The van der Waals surface area contributed by atoms with Crippen molar-refractivity contribution in [1.29, 1.82) is 0 Å². The van der Waals surface area contributed by atoms with Crippen molar-refractivity contribution in [3.63, 3.8) is 0 Å². The third-order valence-corrected chi connectivity index (χ3v) is 15.2. The Bertz CT molecular complexity index is 1530. The van der Waals surface area contributed by atoms with Crippen LogP contribution in [0.5, 0.6) is 0 Å². The zero-order valence-electron chi connectivity index (χ0n) is 28.8. The van der Waals surface area contributed by atoms with E-state index in [4.69, 9.17) is 0 Å². The summed E-state index contributed by atoms with van der Waals surface area (Å²) in [6.45, 7) is 9.94. The molecule has 2 amide bonds. The Balaban J connectivity index is 1.14. The van der Waals surface area contributed by atoms with Crippen LogP contribution in [0.2, 0.25) is 0 Å². The molecule has 2 aromatic rings. The lowest BCUT2D eigenvalue weighted by atomic mass is 9.43. The monoisotopic (exact) mass is 700 g/mol. The topological polar surface area (TPSA) is 133 Å². The van der Waals surface area contributed by atoms with E-state index in [1.807, 2.05) is 0 Å². The van der Waals surface area contributed by atoms with Gasteiger partial charge in [0.1, 0.15) is 0 Å². The molecular formula is C36H52N4O6S2. The zero-order valence-corrected chi connectivity index (χ0v) is 30.5. The highest BCUT2D eigenvalue weighted by molar-refractivity contribution is 7.89. The quantitative estimate of drug-likeness (QED) is 0.245. The number of carbonyl (C=O) groups is 2. The molecule has 4 fully saturated rings. The van der Waals surface area contributed by atoms with Crippen LogP contribution in [0.1, 0.15) is 99.8 Å². The molecule has 48 heavy (non-hydrogen) atoms. The Kier molecular flexibility index (Phi) is 11.1. The van der Waals surface area contributed by atoms with Crippen LogP contribution in [0.3, 0.4) is 0 Å². The third-order valence-electron chi connectivity index (χ3n) is 11.1. The summed E-state index contributed by atoms with van der Waals surface area (Å²) >= 11 is 0. The van der Waals surface area contributed by atoms with E-state index in [2.05, 4.69) is 10.6 Å². The van der Waals surface area contributed by atoms with Crippen molar-refractivity contribution in [3.05, 3.63) is 59.7 Å². The molecule has 4 saturated carbocycles. The van der Waals surface area contributed by atoms with Crippen LogP contribution in [0.25, 0.3) is 0 Å². The Morgan fingerprint density at radius 3 is 1.27 bits per heavy atom. The number of hydrogen-bond acceptors (Lipinski definition) is 6. The first kappa shape index (κ1) is 36.5. The fourth-order valence-electron chi connectivity index (χ4n) is 9.30. The molecule has 6 rings (SSSR count). The minimum absolute atomic E-state index is 0.190. The third kappa shape index (κ3) is 7.51. The number of nitrogens with one attached hydrogen (secondary N) is 2. The molecule has 0 aromatic heterocycles. The summed E-state index contributed by atoms with van der Waals surface area (Å²) in [5.74, 6) is 0.974. The maximum atomic E-state index is 13.0. The number of rotatable bonds is 16. The van der Waals surface area contributed by atoms with Gasteiger partial charge in [0.2, 0.25) is 20.0 Å². The highest BCUT2D eigenvalue weighted by atomic mass is 32.2. The van der Waals surface area contributed by atoms with Crippen LogP contribution < -0.4 is 10.6 Å². The summed E-state index contributed by atoms with van der Waals surface area (Å²) in [5.41, 5.74) is 1.28. The van der Waals surface area contributed by atoms with E-state index in [0.717, 1.165) is 19.3 Å². The SMILES string of the molecule is CCN(CC)S(=O)(=O)c1ccc(C(=O)NCCC23CC4CC(C2)CC(CCNC(=O)c2ccc(S(=O)(=O)N(CC)CC)cc2)(C4)C3)cc1.